The quantitative estimate of drug-likeness (QED) is 0.585. The summed E-state index contributed by atoms with van der Waals surface area (Å²) in [6, 6.07) is 6.12. The Kier molecular flexibility index (Phi) is 5.32. The van der Waals surface area contributed by atoms with Crippen LogP contribution in [0.5, 0.6) is 0 Å². The lowest BCUT2D eigenvalue weighted by molar-refractivity contribution is -0.142. The second kappa shape index (κ2) is 6.53. The van der Waals surface area contributed by atoms with Gasteiger partial charge in [0.2, 0.25) is 0 Å². The van der Waals surface area contributed by atoms with Crippen LogP contribution in [0.3, 0.4) is 0 Å². The Morgan fingerprint density at radius 3 is 2.50 bits per heavy atom. The molecule has 0 spiro atoms. The van der Waals surface area contributed by atoms with Crippen LogP contribution in [-0.4, -0.2) is 17.8 Å². The van der Waals surface area contributed by atoms with E-state index in [2.05, 4.69) is 0 Å². The zero-order valence-electron chi connectivity index (χ0n) is 9.40. The van der Waals surface area contributed by atoms with Gasteiger partial charge in [-0.3, -0.25) is 4.79 Å². The van der Waals surface area contributed by atoms with E-state index in [1.54, 1.807) is 19.1 Å². The molecule has 0 N–H and O–H groups in total. The summed E-state index contributed by atoms with van der Waals surface area (Å²) < 4.78 is 17.6. The smallest absolute Gasteiger partial charge is 0.319 e. The van der Waals surface area contributed by atoms with Crippen molar-refractivity contribution in [1.29, 1.82) is 0 Å². The molecule has 2 nitrogen and oxygen atoms in total. The summed E-state index contributed by atoms with van der Waals surface area (Å²) in [4.78, 5) is 12.4. The molecule has 0 aliphatic carbocycles. The Morgan fingerprint density at radius 1 is 1.38 bits per heavy atom. The lowest BCUT2D eigenvalue weighted by Gasteiger charge is -2.12. The lowest BCUT2D eigenvalue weighted by Crippen LogP contribution is -2.19. The van der Waals surface area contributed by atoms with E-state index in [1.807, 2.05) is 6.92 Å². The van der Waals surface area contributed by atoms with Gasteiger partial charge in [0, 0.05) is 4.90 Å². The van der Waals surface area contributed by atoms with Crippen LogP contribution < -0.4 is 0 Å². The van der Waals surface area contributed by atoms with Crippen LogP contribution in [0.4, 0.5) is 4.39 Å². The van der Waals surface area contributed by atoms with Crippen molar-refractivity contribution in [3.8, 4) is 0 Å². The molecule has 1 unspecified atom stereocenters. The van der Waals surface area contributed by atoms with Crippen LogP contribution in [0.2, 0.25) is 0 Å². The van der Waals surface area contributed by atoms with Crippen molar-refractivity contribution in [3.05, 3.63) is 30.1 Å². The molecule has 1 atom stereocenters. The van der Waals surface area contributed by atoms with Crippen molar-refractivity contribution < 1.29 is 13.9 Å². The molecule has 0 fully saturated rings. The average Bonchev–Trinajstić information content (AvgIpc) is 2.28. The Hall–Kier alpha value is -1.03. The molecule has 0 saturated carbocycles. The molecule has 0 aromatic heterocycles. The highest BCUT2D eigenvalue weighted by molar-refractivity contribution is 8.00. The van der Waals surface area contributed by atoms with Crippen molar-refractivity contribution >= 4 is 17.7 Å². The van der Waals surface area contributed by atoms with E-state index in [4.69, 9.17) is 4.74 Å². The first-order valence-electron chi connectivity index (χ1n) is 5.26. The zero-order chi connectivity index (χ0) is 12.0. The highest BCUT2D eigenvalue weighted by atomic mass is 32.2. The molecule has 1 rings (SSSR count). The molecule has 4 heteroatoms. The van der Waals surface area contributed by atoms with E-state index in [1.165, 1.54) is 23.9 Å². The van der Waals surface area contributed by atoms with Gasteiger partial charge in [-0.2, -0.15) is 0 Å². The van der Waals surface area contributed by atoms with Crippen molar-refractivity contribution in [2.24, 2.45) is 0 Å². The SMILES string of the molecule is CCOC(=O)C(CC)Sc1ccc(F)cc1. The van der Waals surface area contributed by atoms with E-state index in [-0.39, 0.29) is 17.0 Å². The number of hydrogen-bond donors (Lipinski definition) is 0. The molecule has 0 radical (unpaired) electrons. The van der Waals surface area contributed by atoms with Crippen LogP contribution in [0.1, 0.15) is 20.3 Å². The number of esters is 1. The van der Waals surface area contributed by atoms with E-state index in [9.17, 15) is 9.18 Å². The minimum atomic E-state index is -0.270. The summed E-state index contributed by atoms with van der Waals surface area (Å²) >= 11 is 1.40. The maximum absolute atomic E-state index is 12.7. The number of halogens is 1. The molecule has 0 aliphatic heterocycles. The Balaban J connectivity index is 2.62. The van der Waals surface area contributed by atoms with Gasteiger partial charge in [0.05, 0.1) is 6.61 Å². The topological polar surface area (TPSA) is 26.3 Å². The van der Waals surface area contributed by atoms with Gasteiger partial charge in [0.1, 0.15) is 11.1 Å². The maximum atomic E-state index is 12.7. The molecule has 0 bridgehead atoms. The van der Waals surface area contributed by atoms with Gasteiger partial charge in [-0.15, -0.1) is 11.8 Å². The van der Waals surface area contributed by atoms with Crippen LogP contribution in [-0.2, 0) is 9.53 Å². The second-order valence-electron chi connectivity index (χ2n) is 3.22. The lowest BCUT2D eigenvalue weighted by atomic mass is 10.3. The standard InChI is InChI=1S/C12H15FO2S/c1-3-11(12(14)15-4-2)16-10-7-5-9(13)6-8-10/h5-8,11H,3-4H2,1-2H3. The predicted octanol–water partition coefficient (Wildman–Crippen LogP) is 3.26. The third-order valence-electron chi connectivity index (χ3n) is 2.01. The number of thioether (sulfide) groups is 1. The van der Waals surface area contributed by atoms with Gasteiger partial charge in [-0.25, -0.2) is 4.39 Å². The van der Waals surface area contributed by atoms with Crippen LogP contribution in [0.15, 0.2) is 29.2 Å². The molecule has 16 heavy (non-hydrogen) atoms. The van der Waals surface area contributed by atoms with E-state index in [0.717, 1.165) is 4.90 Å². The highest BCUT2D eigenvalue weighted by Crippen LogP contribution is 2.26. The molecular formula is C12H15FO2S. The summed E-state index contributed by atoms with van der Waals surface area (Å²) in [6.45, 7) is 4.10. The molecule has 0 saturated heterocycles. The molecule has 0 amide bonds. The first kappa shape index (κ1) is 13.0. The van der Waals surface area contributed by atoms with Gasteiger partial charge in [0.25, 0.3) is 0 Å². The number of carbonyl (C=O) groups is 1. The molecule has 0 heterocycles. The fourth-order valence-electron chi connectivity index (χ4n) is 1.21. The van der Waals surface area contributed by atoms with Crippen LogP contribution in [0, 0.1) is 5.82 Å². The van der Waals surface area contributed by atoms with Crippen molar-refractivity contribution in [1.82, 2.24) is 0 Å². The molecule has 1 aromatic rings. The monoisotopic (exact) mass is 242 g/mol. The maximum Gasteiger partial charge on any atom is 0.319 e. The van der Waals surface area contributed by atoms with Crippen molar-refractivity contribution in [3.63, 3.8) is 0 Å². The minimum absolute atomic E-state index is 0.209. The molecule has 88 valence electrons. The van der Waals surface area contributed by atoms with Crippen molar-refractivity contribution in [2.45, 2.75) is 30.4 Å². The molecule has 0 aliphatic rings. The van der Waals surface area contributed by atoms with E-state index < -0.39 is 0 Å². The third-order valence-corrected chi connectivity index (χ3v) is 3.37. The average molecular weight is 242 g/mol. The zero-order valence-corrected chi connectivity index (χ0v) is 10.2. The fraction of sp³-hybridized carbons (Fsp3) is 0.417. The normalized spacial score (nSPS) is 12.2. The largest absolute Gasteiger partial charge is 0.465 e. The van der Waals surface area contributed by atoms with E-state index in [0.29, 0.717) is 13.0 Å². The van der Waals surface area contributed by atoms with E-state index >= 15 is 0 Å². The summed E-state index contributed by atoms with van der Waals surface area (Å²) in [5, 5.41) is -0.217. The fourth-order valence-corrected chi connectivity index (χ4v) is 2.16. The number of rotatable bonds is 5. The first-order valence-corrected chi connectivity index (χ1v) is 6.14. The number of carbonyl (C=O) groups excluding carboxylic acids is 1. The van der Waals surface area contributed by atoms with Gasteiger partial charge in [-0.1, -0.05) is 6.92 Å². The summed E-state index contributed by atoms with van der Waals surface area (Å²) in [7, 11) is 0. The summed E-state index contributed by atoms with van der Waals surface area (Å²) in [5.74, 6) is -0.479. The number of ether oxygens (including phenoxy) is 1. The third kappa shape index (κ3) is 3.85. The molecule has 1 aromatic carbocycles. The number of hydrogen-bond acceptors (Lipinski definition) is 3. The second-order valence-corrected chi connectivity index (χ2v) is 4.50. The Morgan fingerprint density at radius 2 is 2.00 bits per heavy atom. The van der Waals surface area contributed by atoms with Gasteiger partial charge >= 0.3 is 5.97 Å². The molecular weight excluding hydrogens is 227 g/mol. The van der Waals surface area contributed by atoms with Crippen LogP contribution in [0.25, 0.3) is 0 Å². The van der Waals surface area contributed by atoms with Gasteiger partial charge < -0.3 is 4.74 Å². The summed E-state index contributed by atoms with van der Waals surface area (Å²) in [5.41, 5.74) is 0. The van der Waals surface area contributed by atoms with Crippen molar-refractivity contribution in [2.75, 3.05) is 6.61 Å². The summed E-state index contributed by atoms with van der Waals surface area (Å²) in [6.07, 6.45) is 0.695. The first-order chi connectivity index (χ1) is 7.67. The predicted molar refractivity (Wildman–Crippen MR) is 63.0 cm³/mol. The minimum Gasteiger partial charge on any atom is -0.465 e. The number of benzene rings is 1. The highest BCUT2D eigenvalue weighted by Gasteiger charge is 2.18. The van der Waals surface area contributed by atoms with Crippen LogP contribution >= 0.6 is 11.8 Å². The van der Waals surface area contributed by atoms with Gasteiger partial charge in [0.15, 0.2) is 0 Å². The Labute approximate surface area is 99.2 Å². The van der Waals surface area contributed by atoms with Gasteiger partial charge in [-0.05, 0) is 37.6 Å². The Bertz CT molecular complexity index is 337.